The zero-order valence-electron chi connectivity index (χ0n) is 13.7. The van der Waals surface area contributed by atoms with E-state index in [0.29, 0.717) is 27.0 Å². The van der Waals surface area contributed by atoms with Crippen LogP contribution in [0.3, 0.4) is 0 Å². The highest BCUT2D eigenvalue weighted by Crippen LogP contribution is 2.29. The van der Waals surface area contributed by atoms with Crippen LogP contribution < -0.4 is 10.5 Å². The van der Waals surface area contributed by atoms with E-state index >= 15 is 0 Å². The molecule has 0 radical (unpaired) electrons. The van der Waals surface area contributed by atoms with Crippen molar-refractivity contribution >= 4 is 34.7 Å². The van der Waals surface area contributed by atoms with Gasteiger partial charge in [0.1, 0.15) is 17.5 Å². The molecule has 2 aromatic carbocycles. The molecule has 0 bridgehead atoms. The maximum atomic E-state index is 13.0. The second kappa shape index (κ2) is 7.12. The number of hydrogen-bond donors (Lipinski definition) is 1. The SMILES string of the molecule is COc1ccc(C(=O)c2c(N)c(C#N)cn2-c2cc(Cl)cc(Cl)c2)cc1. The summed E-state index contributed by atoms with van der Waals surface area (Å²) in [5.74, 6) is 0.298. The number of hydrogen-bond acceptors (Lipinski definition) is 4. The summed E-state index contributed by atoms with van der Waals surface area (Å²) in [4.78, 5) is 13.0. The highest BCUT2D eigenvalue weighted by Gasteiger charge is 2.22. The van der Waals surface area contributed by atoms with E-state index in [4.69, 9.17) is 33.7 Å². The minimum absolute atomic E-state index is 0.101. The largest absolute Gasteiger partial charge is 0.497 e. The van der Waals surface area contributed by atoms with Crippen molar-refractivity contribution in [3.8, 4) is 17.5 Å². The molecule has 7 heteroatoms. The molecular formula is C19H13Cl2N3O2. The number of carbonyl (C=O) groups excluding carboxylic acids is 1. The number of methoxy groups -OCH3 is 1. The Morgan fingerprint density at radius 2 is 1.77 bits per heavy atom. The van der Waals surface area contributed by atoms with Gasteiger partial charge in [0.2, 0.25) is 5.78 Å². The van der Waals surface area contributed by atoms with E-state index in [0.717, 1.165) is 0 Å². The van der Waals surface area contributed by atoms with Crippen LogP contribution in [0.5, 0.6) is 5.75 Å². The maximum Gasteiger partial charge on any atom is 0.211 e. The second-order valence-corrected chi connectivity index (χ2v) is 6.35. The fourth-order valence-electron chi connectivity index (χ4n) is 2.60. The minimum atomic E-state index is -0.331. The topological polar surface area (TPSA) is 81.0 Å². The van der Waals surface area contributed by atoms with Gasteiger partial charge in [-0.25, -0.2) is 0 Å². The third-order valence-electron chi connectivity index (χ3n) is 3.86. The number of benzene rings is 2. The summed E-state index contributed by atoms with van der Waals surface area (Å²) in [5, 5.41) is 10.1. The smallest absolute Gasteiger partial charge is 0.211 e. The van der Waals surface area contributed by atoms with E-state index in [9.17, 15) is 10.1 Å². The maximum absolute atomic E-state index is 13.0. The Morgan fingerprint density at radius 3 is 2.31 bits per heavy atom. The van der Waals surface area contributed by atoms with Crippen LogP contribution in [-0.2, 0) is 0 Å². The molecule has 3 rings (SSSR count). The fourth-order valence-corrected chi connectivity index (χ4v) is 3.12. The monoisotopic (exact) mass is 385 g/mol. The molecule has 130 valence electrons. The molecule has 0 aliphatic heterocycles. The first-order valence-electron chi connectivity index (χ1n) is 7.50. The van der Waals surface area contributed by atoms with Crippen LogP contribution >= 0.6 is 23.2 Å². The summed E-state index contributed by atoms with van der Waals surface area (Å²) in [7, 11) is 1.54. The molecule has 1 heterocycles. The average molecular weight is 386 g/mol. The number of carbonyl (C=O) groups is 1. The van der Waals surface area contributed by atoms with Crippen molar-refractivity contribution in [2.24, 2.45) is 0 Å². The molecule has 5 nitrogen and oxygen atoms in total. The van der Waals surface area contributed by atoms with Gasteiger partial charge in [-0.2, -0.15) is 5.26 Å². The van der Waals surface area contributed by atoms with Gasteiger partial charge in [0.15, 0.2) is 0 Å². The van der Waals surface area contributed by atoms with Gasteiger partial charge < -0.3 is 15.0 Å². The van der Waals surface area contributed by atoms with Crippen LogP contribution in [-0.4, -0.2) is 17.5 Å². The molecule has 0 saturated carbocycles. The Balaban J connectivity index is 2.18. The van der Waals surface area contributed by atoms with Gasteiger partial charge in [0.25, 0.3) is 0 Å². The molecule has 1 aromatic heterocycles. The molecule has 0 atom stereocenters. The lowest BCUT2D eigenvalue weighted by atomic mass is 10.1. The van der Waals surface area contributed by atoms with Crippen molar-refractivity contribution in [1.29, 1.82) is 5.26 Å². The molecule has 0 amide bonds. The third kappa shape index (κ3) is 3.25. The molecular weight excluding hydrogens is 373 g/mol. The van der Waals surface area contributed by atoms with Gasteiger partial charge in [-0.1, -0.05) is 23.2 Å². The minimum Gasteiger partial charge on any atom is -0.497 e. The average Bonchev–Trinajstić information content (AvgIpc) is 2.97. The predicted octanol–water partition coefficient (Wildman–Crippen LogP) is 4.48. The van der Waals surface area contributed by atoms with Gasteiger partial charge in [-0.3, -0.25) is 4.79 Å². The number of nitrogen functional groups attached to an aromatic ring is 1. The molecule has 0 aliphatic rings. The highest BCUT2D eigenvalue weighted by molar-refractivity contribution is 6.34. The van der Waals surface area contributed by atoms with Crippen LogP contribution in [0.25, 0.3) is 5.69 Å². The first-order valence-corrected chi connectivity index (χ1v) is 8.26. The summed E-state index contributed by atoms with van der Waals surface area (Å²) >= 11 is 12.1. The van der Waals surface area contributed by atoms with Crippen molar-refractivity contribution in [3.63, 3.8) is 0 Å². The quantitative estimate of drug-likeness (QED) is 0.671. The Bertz CT molecular complexity index is 1010. The summed E-state index contributed by atoms with van der Waals surface area (Å²) in [6, 6.07) is 13.5. The van der Waals surface area contributed by atoms with Gasteiger partial charge in [-0.15, -0.1) is 0 Å². The first kappa shape index (κ1) is 17.9. The number of aromatic nitrogens is 1. The van der Waals surface area contributed by atoms with Gasteiger partial charge in [0.05, 0.1) is 18.4 Å². The molecule has 26 heavy (non-hydrogen) atoms. The highest BCUT2D eigenvalue weighted by atomic mass is 35.5. The van der Waals surface area contributed by atoms with Gasteiger partial charge in [0, 0.05) is 27.5 Å². The standard InChI is InChI=1S/C19H13Cl2N3O2/c1-26-16-4-2-11(3-5-16)19(25)18-17(23)12(9-22)10-24(18)15-7-13(20)6-14(21)8-15/h2-8,10H,23H2,1H3. The van der Waals surface area contributed by atoms with Crippen molar-refractivity contribution in [2.75, 3.05) is 12.8 Å². The number of nitriles is 1. The lowest BCUT2D eigenvalue weighted by Gasteiger charge is -2.11. The lowest BCUT2D eigenvalue weighted by molar-refractivity contribution is 0.103. The zero-order chi connectivity index (χ0) is 18.8. The molecule has 3 aromatic rings. The Kier molecular flexibility index (Phi) is 4.90. The van der Waals surface area contributed by atoms with Crippen LogP contribution in [0, 0.1) is 11.3 Å². The van der Waals surface area contributed by atoms with E-state index in [1.54, 1.807) is 49.6 Å². The summed E-state index contributed by atoms with van der Waals surface area (Å²) in [5.41, 5.74) is 7.48. The summed E-state index contributed by atoms with van der Waals surface area (Å²) < 4.78 is 6.63. The molecule has 0 spiro atoms. The fraction of sp³-hybridized carbons (Fsp3) is 0.0526. The van der Waals surface area contributed by atoms with Crippen molar-refractivity contribution in [2.45, 2.75) is 0 Å². The van der Waals surface area contributed by atoms with Crippen molar-refractivity contribution in [1.82, 2.24) is 4.57 Å². The molecule has 0 saturated heterocycles. The normalized spacial score (nSPS) is 10.4. The van der Waals surface area contributed by atoms with Crippen LogP contribution in [0.15, 0.2) is 48.7 Å². The molecule has 0 unspecified atom stereocenters. The Morgan fingerprint density at radius 1 is 1.15 bits per heavy atom. The zero-order valence-corrected chi connectivity index (χ0v) is 15.2. The molecule has 0 aliphatic carbocycles. The lowest BCUT2D eigenvalue weighted by Crippen LogP contribution is -2.11. The van der Waals surface area contributed by atoms with Gasteiger partial charge in [-0.05, 0) is 42.5 Å². The Hall–Kier alpha value is -2.94. The van der Waals surface area contributed by atoms with Crippen LogP contribution in [0.2, 0.25) is 10.0 Å². The van der Waals surface area contributed by atoms with E-state index in [1.165, 1.54) is 10.8 Å². The van der Waals surface area contributed by atoms with E-state index in [1.807, 2.05) is 6.07 Å². The van der Waals surface area contributed by atoms with E-state index < -0.39 is 0 Å². The number of nitrogens with two attached hydrogens (primary N) is 1. The molecule has 0 fully saturated rings. The first-order chi connectivity index (χ1) is 12.4. The number of nitrogens with zero attached hydrogens (tertiary/aromatic N) is 2. The van der Waals surface area contributed by atoms with Crippen molar-refractivity contribution in [3.05, 3.63) is 75.5 Å². The second-order valence-electron chi connectivity index (χ2n) is 5.47. The predicted molar refractivity (Wildman–Crippen MR) is 101 cm³/mol. The summed E-state index contributed by atoms with van der Waals surface area (Å²) in [6.45, 7) is 0. The number of ether oxygens (including phenoxy) is 1. The van der Waals surface area contributed by atoms with E-state index in [-0.39, 0.29) is 22.7 Å². The van der Waals surface area contributed by atoms with Gasteiger partial charge >= 0.3 is 0 Å². The number of halogens is 2. The number of ketones is 1. The van der Waals surface area contributed by atoms with Crippen LogP contribution in [0.4, 0.5) is 5.69 Å². The van der Waals surface area contributed by atoms with Crippen molar-refractivity contribution < 1.29 is 9.53 Å². The Labute approximate surface area is 160 Å². The van der Waals surface area contributed by atoms with E-state index in [2.05, 4.69) is 0 Å². The number of anilines is 1. The summed E-state index contributed by atoms with van der Waals surface area (Å²) in [6.07, 6.45) is 1.49. The third-order valence-corrected chi connectivity index (χ3v) is 4.29. The van der Waals surface area contributed by atoms with Crippen LogP contribution in [0.1, 0.15) is 21.6 Å². The molecule has 2 N–H and O–H groups in total. The number of rotatable bonds is 4.